The monoisotopic (exact) mass is 283 g/mol. The lowest BCUT2D eigenvalue weighted by Crippen LogP contribution is -2.22. The van der Waals surface area contributed by atoms with E-state index in [1.807, 2.05) is 10.9 Å². The number of hydrogen-bond acceptors (Lipinski definition) is 2. The lowest BCUT2D eigenvalue weighted by Gasteiger charge is -2.20. The molecule has 0 bridgehead atoms. The van der Waals surface area contributed by atoms with Gasteiger partial charge in [0, 0.05) is 24.0 Å². The van der Waals surface area contributed by atoms with Gasteiger partial charge in [-0.15, -0.1) is 0 Å². The summed E-state index contributed by atoms with van der Waals surface area (Å²) in [6.45, 7) is 7.35. The zero-order valence-electron chi connectivity index (χ0n) is 13.3. The number of nitrogens with zero attached hydrogens (tertiary/aromatic N) is 2. The normalized spacial score (nSPS) is 14.8. The summed E-state index contributed by atoms with van der Waals surface area (Å²) < 4.78 is 2.03. The molecule has 0 unspecified atom stereocenters. The van der Waals surface area contributed by atoms with Gasteiger partial charge in [0.05, 0.1) is 11.7 Å². The molecule has 0 aliphatic heterocycles. The highest BCUT2D eigenvalue weighted by Crippen LogP contribution is 2.28. The average molecular weight is 283 g/mol. The maximum atomic E-state index is 4.46. The van der Waals surface area contributed by atoms with Crippen molar-refractivity contribution in [3.8, 4) is 0 Å². The molecule has 0 saturated carbocycles. The van der Waals surface area contributed by atoms with E-state index in [0.717, 1.165) is 6.54 Å². The molecule has 0 atom stereocenters. The summed E-state index contributed by atoms with van der Waals surface area (Å²) in [7, 11) is 0. The fourth-order valence-corrected chi connectivity index (χ4v) is 2.96. The molecule has 0 spiro atoms. The molecule has 1 heterocycles. The zero-order valence-corrected chi connectivity index (χ0v) is 13.3. The highest BCUT2D eigenvalue weighted by molar-refractivity contribution is 5.55. The quantitative estimate of drug-likeness (QED) is 0.918. The van der Waals surface area contributed by atoms with Crippen LogP contribution in [-0.2, 0) is 24.9 Å². The lowest BCUT2D eigenvalue weighted by molar-refractivity contribution is 0.355. The maximum absolute atomic E-state index is 4.46. The molecule has 0 fully saturated rings. The van der Waals surface area contributed by atoms with Gasteiger partial charge < -0.3 is 5.32 Å². The number of aryl methyl sites for hydroxylation is 1. The average Bonchev–Trinajstić information content (AvgIpc) is 2.94. The first-order chi connectivity index (χ1) is 10.0. The van der Waals surface area contributed by atoms with Gasteiger partial charge in [-0.05, 0) is 63.6 Å². The van der Waals surface area contributed by atoms with Crippen LogP contribution in [0, 0.1) is 0 Å². The Kier molecular flexibility index (Phi) is 3.75. The lowest BCUT2D eigenvalue weighted by atomic mass is 9.90. The second kappa shape index (κ2) is 5.55. The van der Waals surface area contributed by atoms with Crippen molar-refractivity contribution in [2.75, 3.05) is 5.32 Å². The molecule has 2 aromatic rings. The SMILES string of the molecule is CC(C)(C)n1cc(CNc2cccc3c2CCCC3)cn1. The van der Waals surface area contributed by atoms with E-state index in [1.54, 1.807) is 0 Å². The number of rotatable bonds is 3. The molecule has 1 aliphatic rings. The Morgan fingerprint density at radius 2 is 2.00 bits per heavy atom. The number of aromatic nitrogens is 2. The largest absolute Gasteiger partial charge is 0.381 e. The molecule has 1 aliphatic carbocycles. The Hall–Kier alpha value is -1.77. The Morgan fingerprint density at radius 3 is 2.76 bits per heavy atom. The summed E-state index contributed by atoms with van der Waals surface area (Å²) in [5, 5.41) is 8.06. The Balaban J connectivity index is 1.72. The van der Waals surface area contributed by atoms with E-state index < -0.39 is 0 Å². The van der Waals surface area contributed by atoms with E-state index >= 15 is 0 Å². The first kappa shape index (κ1) is 14.2. The van der Waals surface area contributed by atoms with Gasteiger partial charge in [0.1, 0.15) is 0 Å². The molecule has 0 amide bonds. The van der Waals surface area contributed by atoms with Crippen LogP contribution in [0.2, 0.25) is 0 Å². The fourth-order valence-electron chi connectivity index (χ4n) is 2.96. The molecule has 0 saturated heterocycles. The molecule has 0 radical (unpaired) electrons. The second-order valence-corrected chi connectivity index (χ2v) is 6.97. The van der Waals surface area contributed by atoms with Gasteiger partial charge in [0.25, 0.3) is 0 Å². The minimum absolute atomic E-state index is 0.0458. The predicted octanol–water partition coefficient (Wildman–Crippen LogP) is 4.13. The van der Waals surface area contributed by atoms with Gasteiger partial charge in [0.15, 0.2) is 0 Å². The van der Waals surface area contributed by atoms with Crippen molar-refractivity contribution in [2.45, 2.75) is 58.5 Å². The van der Waals surface area contributed by atoms with E-state index in [2.05, 4.69) is 55.6 Å². The minimum atomic E-state index is 0.0458. The van der Waals surface area contributed by atoms with E-state index in [-0.39, 0.29) is 5.54 Å². The molecule has 3 nitrogen and oxygen atoms in total. The summed E-state index contributed by atoms with van der Waals surface area (Å²) >= 11 is 0. The number of hydrogen-bond donors (Lipinski definition) is 1. The third kappa shape index (κ3) is 3.12. The topological polar surface area (TPSA) is 29.9 Å². The van der Waals surface area contributed by atoms with Crippen LogP contribution in [-0.4, -0.2) is 9.78 Å². The summed E-state index contributed by atoms with van der Waals surface area (Å²) in [6.07, 6.45) is 9.19. The van der Waals surface area contributed by atoms with Crippen LogP contribution in [0.4, 0.5) is 5.69 Å². The van der Waals surface area contributed by atoms with Crippen molar-refractivity contribution in [1.29, 1.82) is 0 Å². The molecule has 21 heavy (non-hydrogen) atoms. The van der Waals surface area contributed by atoms with Crippen molar-refractivity contribution < 1.29 is 0 Å². The van der Waals surface area contributed by atoms with Crippen LogP contribution >= 0.6 is 0 Å². The molecule has 3 rings (SSSR count). The predicted molar refractivity (Wildman–Crippen MR) is 87.6 cm³/mol. The maximum Gasteiger partial charge on any atom is 0.0543 e. The van der Waals surface area contributed by atoms with Crippen LogP contribution in [0.15, 0.2) is 30.6 Å². The Morgan fingerprint density at radius 1 is 1.19 bits per heavy atom. The van der Waals surface area contributed by atoms with E-state index in [0.29, 0.717) is 0 Å². The van der Waals surface area contributed by atoms with E-state index in [4.69, 9.17) is 0 Å². The van der Waals surface area contributed by atoms with Gasteiger partial charge >= 0.3 is 0 Å². The molecule has 1 N–H and O–H groups in total. The number of benzene rings is 1. The molecule has 3 heteroatoms. The van der Waals surface area contributed by atoms with Crippen LogP contribution in [0.5, 0.6) is 0 Å². The van der Waals surface area contributed by atoms with Crippen molar-refractivity contribution in [2.24, 2.45) is 0 Å². The smallest absolute Gasteiger partial charge is 0.0543 e. The van der Waals surface area contributed by atoms with Crippen molar-refractivity contribution in [1.82, 2.24) is 9.78 Å². The molecular formula is C18H25N3. The van der Waals surface area contributed by atoms with Crippen LogP contribution in [0.3, 0.4) is 0 Å². The first-order valence-corrected chi connectivity index (χ1v) is 7.93. The van der Waals surface area contributed by atoms with Gasteiger partial charge in [-0.2, -0.15) is 5.10 Å². The molecule has 112 valence electrons. The van der Waals surface area contributed by atoms with Gasteiger partial charge in [-0.1, -0.05) is 12.1 Å². The van der Waals surface area contributed by atoms with E-state index in [9.17, 15) is 0 Å². The van der Waals surface area contributed by atoms with Crippen molar-refractivity contribution in [3.05, 3.63) is 47.3 Å². The number of anilines is 1. The second-order valence-electron chi connectivity index (χ2n) is 6.97. The Bertz CT molecular complexity index is 620. The number of fused-ring (bicyclic) bond motifs is 1. The first-order valence-electron chi connectivity index (χ1n) is 7.93. The van der Waals surface area contributed by atoms with Gasteiger partial charge in [0.2, 0.25) is 0 Å². The van der Waals surface area contributed by atoms with Crippen molar-refractivity contribution in [3.63, 3.8) is 0 Å². The summed E-state index contributed by atoms with van der Waals surface area (Å²) in [6, 6.07) is 6.65. The van der Waals surface area contributed by atoms with E-state index in [1.165, 1.54) is 48.1 Å². The third-order valence-electron chi connectivity index (χ3n) is 4.20. The van der Waals surface area contributed by atoms with Gasteiger partial charge in [-0.25, -0.2) is 0 Å². The summed E-state index contributed by atoms with van der Waals surface area (Å²) in [5.74, 6) is 0. The highest BCUT2D eigenvalue weighted by Gasteiger charge is 2.15. The van der Waals surface area contributed by atoms with Crippen LogP contribution < -0.4 is 5.32 Å². The van der Waals surface area contributed by atoms with Gasteiger partial charge in [-0.3, -0.25) is 4.68 Å². The third-order valence-corrected chi connectivity index (χ3v) is 4.20. The highest BCUT2D eigenvalue weighted by atomic mass is 15.3. The number of nitrogens with one attached hydrogen (secondary N) is 1. The summed E-state index contributed by atoms with van der Waals surface area (Å²) in [4.78, 5) is 0. The fraction of sp³-hybridized carbons (Fsp3) is 0.500. The zero-order chi connectivity index (χ0) is 14.9. The summed E-state index contributed by atoms with van der Waals surface area (Å²) in [5.41, 5.74) is 5.63. The molecule has 1 aromatic carbocycles. The Labute approximate surface area is 127 Å². The molecular weight excluding hydrogens is 258 g/mol. The molecule has 1 aromatic heterocycles. The van der Waals surface area contributed by atoms with Crippen LogP contribution in [0.25, 0.3) is 0 Å². The van der Waals surface area contributed by atoms with Crippen LogP contribution in [0.1, 0.15) is 50.3 Å². The standard InChI is InChI=1S/C18H25N3/c1-18(2,3)21-13-14(12-20-21)11-19-17-10-6-8-15-7-4-5-9-16(15)17/h6,8,10,12-13,19H,4-5,7,9,11H2,1-3H3. The minimum Gasteiger partial charge on any atom is -0.381 e. The van der Waals surface area contributed by atoms with Crippen molar-refractivity contribution >= 4 is 5.69 Å².